The number of Topliss-reactive ketones (excluding diaryl/α,β-unsaturated/α-hetero) is 1. The SMILES string of the molecule is CCNC(=O)CN(C)CC(=O)c1ccccc1OCC. The standard InChI is InChI=1S/C15H22N2O3/c1-4-16-15(19)11-17(3)10-13(18)12-8-6-7-9-14(12)20-5-2/h6-9H,4-5,10-11H2,1-3H3,(H,16,19). The summed E-state index contributed by atoms with van der Waals surface area (Å²) in [6, 6.07) is 7.16. The molecule has 0 aliphatic heterocycles. The number of hydrogen-bond acceptors (Lipinski definition) is 4. The van der Waals surface area contributed by atoms with E-state index in [1.807, 2.05) is 19.9 Å². The van der Waals surface area contributed by atoms with Crippen LogP contribution in [0.15, 0.2) is 24.3 Å². The highest BCUT2D eigenvalue weighted by Crippen LogP contribution is 2.18. The van der Waals surface area contributed by atoms with E-state index in [-0.39, 0.29) is 24.8 Å². The van der Waals surface area contributed by atoms with Crippen molar-refractivity contribution >= 4 is 11.7 Å². The van der Waals surface area contributed by atoms with E-state index in [1.165, 1.54) is 0 Å². The van der Waals surface area contributed by atoms with E-state index in [0.29, 0.717) is 24.5 Å². The predicted molar refractivity (Wildman–Crippen MR) is 78.1 cm³/mol. The number of likely N-dealkylation sites (N-methyl/N-ethyl adjacent to an activating group) is 2. The molecule has 0 bridgehead atoms. The third kappa shape index (κ3) is 5.01. The highest BCUT2D eigenvalue weighted by atomic mass is 16.5. The van der Waals surface area contributed by atoms with Gasteiger partial charge in [-0.15, -0.1) is 0 Å². The number of hydrogen-bond donors (Lipinski definition) is 1. The maximum absolute atomic E-state index is 12.2. The van der Waals surface area contributed by atoms with Crippen molar-refractivity contribution < 1.29 is 14.3 Å². The Morgan fingerprint density at radius 3 is 2.55 bits per heavy atom. The molecule has 20 heavy (non-hydrogen) atoms. The van der Waals surface area contributed by atoms with E-state index in [4.69, 9.17) is 4.74 Å². The second kappa shape index (κ2) is 8.32. The summed E-state index contributed by atoms with van der Waals surface area (Å²) in [6.07, 6.45) is 0. The summed E-state index contributed by atoms with van der Waals surface area (Å²) in [7, 11) is 1.75. The fourth-order valence-corrected chi connectivity index (χ4v) is 1.86. The third-order valence-corrected chi connectivity index (χ3v) is 2.69. The summed E-state index contributed by atoms with van der Waals surface area (Å²) >= 11 is 0. The van der Waals surface area contributed by atoms with E-state index in [0.717, 1.165) is 0 Å². The third-order valence-electron chi connectivity index (χ3n) is 2.69. The van der Waals surface area contributed by atoms with Crippen LogP contribution in [-0.2, 0) is 4.79 Å². The lowest BCUT2D eigenvalue weighted by Crippen LogP contribution is -2.37. The van der Waals surface area contributed by atoms with Gasteiger partial charge in [0.1, 0.15) is 5.75 Å². The molecule has 0 spiro atoms. The Kier molecular flexibility index (Phi) is 6.73. The Hall–Kier alpha value is -1.88. The molecule has 1 N–H and O–H groups in total. The van der Waals surface area contributed by atoms with Crippen LogP contribution in [0, 0.1) is 0 Å². The van der Waals surface area contributed by atoms with Gasteiger partial charge in [-0.05, 0) is 33.0 Å². The smallest absolute Gasteiger partial charge is 0.234 e. The predicted octanol–water partition coefficient (Wildman–Crippen LogP) is 1.34. The van der Waals surface area contributed by atoms with Crippen LogP contribution in [0.5, 0.6) is 5.75 Å². The maximum atomic E-state index is 12.2. The molecular weight excluding hydrogens is 256 g/mol. The van der Waals surface area contributed by atoms with Crippen LogP contribution in [0.25, 0.3) is 0 Å². The number of carbonyl (C=O) groups is 2. The fraction of sp³-hybridized carbons (Fsp3) is 0.467. The fourth-order valence-electron chi connectivity index (χ4n) is 1.86. The molecule has 0 fully saturated rings. The van der Waals surface area contributed by atoms with Gasteiger partial charge in [0.15, 0.2) is 5.78 Å². The van der Waals surface area contributed by atoms with Gasteiger partial charge >= 0.3 is 0 Å². The van der Waals surface area contributed by atoms with Gasteiger partial charge in [0.05, 0.1) is 25.3 Å². The van der Waals surface area contributed by atoms with Crippen LogP contribution in [0.2, 0.25) is 0 Å². The first-order valence-electron chi connectivity index (χ1n) is 6.78. The number of nitrogens with zero attached hydrogens (tertiary/aromatic N) is 1. The van der Waals surface area contributed by atoms with Crippen molar-refractivity contribution in [3.8, 4) is 5.75 Å². The van der Waals surface area contributed by atoms with E-state index < -0.39 is 0 Å². The van der Waals surface area contributed by atoms with Crippen molar-refractivity contribution in [1.82, 2.24) is 10.2 Å². The molecule has 1 aromatic rings. The van der Waals surface area contributed by atoms with Crippen LogP contribution in [-0.4, -0.2) is 49.9 Å². The van der Waals surface area contributed by atoms with E-state index in [1.54, 1.807) is 30.1 Å². The first-order chi connectivity index (χ1) is 9.58. The molecule has 0 radical (unpaired) electrons. The zero-order chi connectivity index (χ0) is 15.0. The zero-order valence-electron chi connectivity index (χ0n) is 12.3. The Morgan fingerprint density at radius 1 is 1.20 bits per heavy atom. The molecule has 5 heteroatoms. The van der Waals surface area contributed by atoms with E-state index in [9.17, 15) is 9.59 Å². The molecular formula is C15H22N2O3. The van der Waals surface area contributed by atoms with Crippen molar-refractivity contribution in [3.63, 3.8) is 0 Å². The molecule has 0 saturated carbocycles. The van der Waals surface area contributed by atoms with Crippen LogP contribution in [0.1, 0.15) is 24.2 Å². The molecule has 0 aromatic heterocycles. The first-order valence-corrected chi connectivity index (χ1v) is 6.78. The minimum absolute atomic E-state index is 0.0548. The molecule has 110 valence electrons. The minimum atomic E-state index is -0.0825. The number of rotatable bonds is 8. The summed E-state index contributed by atoms with van der Waals surface area (Å²) < 4.78 is 5.44. The molecule has 0 unspecified atom stereocenters. The lowest BCUT2D eigenvalue weighted by molar-refractivity contribution is -0.121. The van der Waals surface area contributed by atoms with Crippen molar-refractivity contribution in [3.05, 3.63) is 29.8 Å². The van der Waals surface area contributed by atoms with Crippen molar-refractivity contribution in [2.24, 2.45) is 0 Å². The summed E-state index contributed by atoms with van der Waals surface area (Å²) in [5.74, 6) is 0.452. The van der Waals surface area contributed by atoms with Crippen molar-refractivity contribution in [1.29, 1.82) is 0 Å². The molecule has 1 amide bonds. The van der Waals surface area contributed by atoms with E-state index >= 15 is 0 Å². The number of ketones is 1. The van der Waals surface area contributed by atoms with Gasteiger partial charge in [0.2, 0.25) is 5.91 Å². The summed E-state index contributed by atoms with van der Waals surface area (Å²) in [5, 5.41) is 2.70. The molecule has 0 atom stereocenters. The number of carbonyl (C=O) groups excluding carboxylic acids is 2. The first kappa shape index (κ1) is 16.2. The average Bonchev–Trinajstić information content (AvgIpc) is 2.39. The van der Waals surface area contributed by atoms with Crippen LogP contribution >= 0.6 is 0 Å². The van der Waals surface area contributed by atoms with Crippen LogP contribution in [0.3, 0.4) is 0 Å². The molecule has 0 heterocycles. The van der Waals surface area contributed by atoms with Gasteiger partial charge in [-0.2, -0.15) is 0 Å². The molecule has 1 rings (SSSR count). The molecule has 0 saturated heterocycles. The number of nitrogens with one attached hydrogen (secondary N) is 1. The quantitative estimate of drug-likeness (QED) is 0.729. The van der Waals surface area contributed by atoms with Crippen LogP contribution in [0.4, 0.5) is 0 Å². The van der Waals surface area contributed by atoms with Gasteiger partial charge < -0.3 is 10.1 Å². The lowest BCUT2D eigenvalue weighted by Gasteiger charge is -2.16. The largest absolute Gasteiger partial charge is 0.493 e. The number of amides is 1. The minimum Gasteiger partial charge on any atom is -0.493 e. The summed E-state index contributed by atoms with van der Waals surface area (Å²) in [4.78, 5) is 25.4. The van der Waals surface area contributed by atoms with Crippen molar-refractivity contribution in [2.45, 2.75) is 13.8 Å². The lowest BCUT2D eigenvalue weighted by atomic mass is 10.1. The average molecular weight is 278 g/mol. The highest BCUT2D eigenvalue weighted by Gasteiger charge is 2.15. The van der Waals surface area contributed by atoms with Gasteiger partial charge in [0.25, 0.3) is 0 Å². The highest BCUT2D eigenvalue weighted by molar-refractivity contribution is 6.00. The van der Waals surface area contributed by atoms with Gasteiger partial charge in [-0.1, -0.05) is 12.1 Å². The summed E-state index contributed by atoms with van der Waals surface area (Å²) in [5.41, 5.74) is 0.553. The van der Waals surface area contributed by atoms with Gasteiger partial charge in [-0.25, -0.2) is 0 Å². The Morgan fingerprint density at radius 2 is 1.90 bits per heavy atom. The monoisotopic (exact) mass is 278 g/mol. The topological polar surface area (TPSA) is 58.6 Å². The van der Waals surface area contributed by atoms with Crippen LogP contribution < -0.4 is 10.1 Å². The Labute approximate surface area is 119 Å². The number of benzene rings is 1. The molecule has 1 aromatic carbocycles. The zero-order valence-corrected chi connectivity index (χ0v) is 12.3. The normalized spacial score (nSPS) is 10.4. The molecule has 0 aliphatic rings. The number of ether oxygens (including phenoxy) is 1. The summed E-state index contributed by atoms with van der Waals surface area (Å²) in [6.45, 7) is 5.23. The maximum Gasteiger partial charge on any atom is 0.234 e. The van der Waals surface area contributed by atoms with Gasteiger partial charge in [0, 0.05) is 6.54 Å². The van der Waals surface area contributed by atoms with E-state index in [2.05, 4.69) is 5.32 Å². The number of para-hydroxylation sites is 1. The molecule has 0 aliphatic carbocycles. The second-order valence-electron chi connectivity index (χ2n) is 4.48. The van der Waals surface area contributed by atoms with Gasteiger partial charge in [-0.3, -0.25) is 14.5 Å². The molecule has 5 nitrogen and oxygen atoms in total. The second-order valence-corrected chi connectivity index (χ2v) is 4.48. The Balaban J connectivity index is 2.64. The van der Waals surface area contributed by atoms with Crippen molar-refractivity contribution in [2.75, 3.05) is 33.3 Å². The Bertz CT molecular complexity index is 460.